The quantitative estimate of drug-likeness (QED) is 0.0729. The van der Waals surface area contributed by atoms with Gasteiger partial charge in [0.2, 0.25) is 11.8 Å². The summed E-state index contributed by atoms with van der Waals surface area (Å²) < 4.78 is 15.9. The van der Waals surface area contributed by atoms with Crippen LogP contribution in [0, 0.1) is 17.7 Å². The van der Waals surface area contributed by atoms with Gasteiger partial charge in [-0.2, -0.15) is 0 Å². The lowest BCUT2D eigenvalue weighted by Crippen LogP contribution is -2.52. The largest absolute Gasteiger partial charge is 0.360 e. The fraction of sp³-hybridized carbons (Fsp3) is 0.273. The molecule has 3 aromatic carbocycles. The summed E-state index contributed by atoms with van der Waals surface area (Å²) in [5, 5.41) is 5.99. The van der Waals surface area contributed by atoms with E-state index in [9.17, 15) is 24.0 Å². The van der Waals surface area contributed by atoms with Crippen molar-refractivity contribution in [1.82, 2.24) is 25.5 Å². The first-order valence-corrected chi connectivity index (χ1v) is 18.8. The van der Waals surface area contributed by atoms with E-state index >= 15 is 4.39 Å². The zero-order chi connectivity index (χ0) is 39.1. The number of nitrogens with zero attached hydrogens (tertiary/aromatic N) is 3. The van der Waals surface area contributed by atoms with Crippen LogP contribution in [0.4, 0.5) is 15.8 Å². The topological polar surface area (TPSA) is 145 Å². The Balaban J connectivity index is 0.918. The molecule has 0 spiro atoms. The van der Waals surface area contributed by atoms with Crippen molar-refractivity contribution in [1.29, 1.82) is 0 Å². The van der Waals surface area contributed by atoms with E-state index in [-0.39, 0.29) is 55.3 Å². The summed E-state index contributed by atoms with van der Waals surface area (Å²) in [6.45, 7) is 5.42. The van der Waals surface area contributed by atoms with Crippen molar-refractivity contribution >= 4 is 52.2 Å². The van der Waals surface area contributed by atoms with Crippen LogP contribution in [-0.4, -0.2) is 63.9 Å². The number of aromatic amines is 1. The van der Waals surface area contributed by atoms with Gasteiger partial charge in [-0.1, -0.05) is 37.8 Å². The van der Waals surface area contributed by atoms with Gasteiger partial charge in [0.1, 0.15) is 17.6 Å². The predicted octanol–water partition coefficient (Wildman–Crippen LogP) is 6.32. The molecule has 0 radical (unpaired) electrons. The fourth-order valence-electron chi connectivity index (χ4n) is 7.95. The molecule has 8 rings (SSSR count). The summed E-state index contributed by atoms with van der Waals surface area (Å²) in [7, 11) is 0. The molecule has 2 aromatic heterocycles. The van der Waals surface area contributed by atoms with Gasteiger partial charge in [0, 0.05) is 95.0 Å². The average molecular weight is 751 g/mol. The smallest absolute Gasteiger partial charge is 0.269 e. The molecule has 3 N–H and O–H groups in total. The summed E-state index contributed by atoms with van der Waals surface area (Å²) in [4.78, 5) is 73.0. The number of carbonyl (C=O) groups is 5. The number of amides is 4. The molecule has 3 aliphatic rings. The Morgan fingerprint density at radius 2 is 1.95 bits per heavy atom. The minimum atomic E-state index is -0.704. The Hall–Kier alpha value is -6.61. The minimum absolute atomic E-state index is 0.181. The second kappa shape index (κ2) is 14.9. The lowest BCUT2D eigenvalue weighted by atomic mass is 9.94. The number of imide groups is 1. The highest BCUT2D eigenvalue weighted by atomic mass is 19.1. The van der Waals surface area contributed by atoms with Crippen LogP contribution in [0.2, 0.25) is 0 Å². The van der Waals surface area contributed by atoms with Gasteiger partial charge in [0.15, 0.2) is 6.29 Å². The van der Waals surface area contributed by atoms with Crippen molar-refractivity contribution in [3.05, 3.63) is 112 Å². The zero-order valence-corrected chi connectivity index (χ0v) is 31.0. The number of aldehydes is 1. The maximum Gasteiger partial charge on any atom is 0.269 e. The lowest BCUT2D eigenvalue weighted by Gasteiger charge is -2.32. The number of aryl methyl sites for hydroxylation is 1. The predicted molar refractivity (Wildman–Crippen MR) is 209 cm³/mol. The molecule has 1 unspecified atom stereocenters. The Labute approximate surface area is 322 Å². The Bertz CT molecular complexity index is 2510. The molecule has 0 aliphatic carbocycles. The van der Waals surface area contributed by atoms with Gasteiger partial charge >= 0.3 is 0 Å². The van der Waals surface area contributed by atoms with Crippen LogP contribution in [0.1, 0.15) is 98.9 Å². The van der Waals surface area contributed by atoms with Gasteiger partial charge in [0.05, 0.1) is 0 Å². The minimum Gasteiger partial charge on any atom is -0.360 e. The second-order valence-electron chi connectivity index (χ2n) is 14.7. The highest BCUT2D eigenvalue weighted by Gasteiger charge is 2.39. The second-order valence-corrected chi connectivity index (χ2v) is 14.7. The van der Waals surface area contributed by atoms with E-state index in [0.717, 1.165) is 58.1 Å². The van der Waals surface area contributed by atoms with Crippen molar-refractivity contribution in [2.75, 3.05) is 18.0 Å². The van der Waals surface area contributed by atoms with Crippen molar-refractivity contribution in [2.24, 2.45) is 0 Å². The molecule has 282 valence electrons. The van der Waals surface area contributed by atoms with Crippen LogP contribution in [0.15, 0.2) is 67.0 Å². The SMILES string of the molecule is CC(C)c1cc(N2CCCc3cc(-c4ccc(C(=O)NCCC#Cc5cccc6c5CN(C5CCC(=O)NC5=O)C6=O)nc4)c(F)cc32)cc2c(C=O)c[nH]c12. The Morgan fingerprint density at radius 1 is 1.09 bits per heavy atom. The Kier molecular flexibility index (Phi) is 9.68. The third-order valence-electron chi connectivity index (χ3n) is 10.8. The molecule has 12 heteroatoms. The van der Waals surface area contributed by atoms with E-state index in [2.05, 4.69) is 57.3 Å². The first-order valence-electron chi connectivity index (χ1n) is 18.8. The van der Waals surface area contributed by atoms with E-state index in [1.807, 2.05) is 18.2 Å². The van der Waals surface area contributed by atoms with Crippen molar-refractivity contribution in [3.63, 3.8) is 0 Å². The lowest BCUT2D eigenvalue weighted by molar-refractivity contribution is -0.136. The average Bonchev–Trinajstić information content (AvgIpc) is 3.77. The van der Waals surface area contributed by atoms with Gasteiger partial charge in [-0.05, 0) is 84.3 Å². The molecule has 56 heavy (non-hydrogen) atoms. The van der Waals surface area contributed by atoms with E-state index in [1.165, 1.54) is 11.1 Å². The number of carbonyl (C=O) groups excluding carboxylic acids is 5. The Morgan fingerprint density at radius 3 is 2.71 bits per heavy atom. The highest BCUT2D eigenvalue weighted by Crippen LogP contribution is 2.40. The molecule has 5 aromatic rings. The van der Waals surface area contributed by atoms with E-state index in [0.29, 0.717) is 40.8 Å². The van der Waals surface area contributed by atoms with Crippen LogP contribution >= 0.6 is 0 Å². The van der Waals surface area contributed by atoms with Crippen molar-refractivity contribution in [3.8, 4) is 23.0 Å². The van der Waals surface area contributed by atoms with Crippen LogP contribution in [0.3, 0.4) is 0 Å². The molecular weight excluding hydrogens is 712 g/mol. The number of pyridine rings is 1. The molecule has 3 aliphatic heterocycles. The number of anilines is 2. The van der Waals surface area contributed by atoms with E-state index in [4.69, 9.17) is 0 Å². The van der Waals surface area contributed by atoms with Crippen LogP contribution < -0.4 is 15.5 Å². The molecule has 0 bridgehead atoms. The van der Waals surface area contributed by atoms with Crippen LogP contribution in [-0.2, 0) is 22.6 Å². The van der Waals surface area contributed by atoms with E-state index in [1.54, 1.807) is 36.5 Å². The number of hydrogen-bond donors (Lipinski definition) is 3. The molecule has 1 fully saturated rings. The third-order valence-corrected chi connectivity index (χ3v) is 10.8. The van der Waals surface area contributed by atoms with Crippen LogP contribution in [0.5, 0.6) is 0 Å². The monoisotopic (exact) mass is 750 g/mol. The summed E-state index contributed by atoms with van der Waals surface area (Å²) in [5.74, 6) is 4.52. The number of hydrogen-bond acceptors (Lipinski definition) is 7. The number of benzene rings is 3. The zero-order valence-electron chi connectivity index (χ0n) is 31.0. The van der Waals surface area contributed by atoms with Gasteiger partial charge in [-0.25, -0.2) is 4.39 Å². The number of H-pyrrole nitrogens is 1. The molecule has 4 amide bonds. The standard InChI is InChI=1S/C44H39FN6O5/c1-25(2)32-18-30(19-34-29(24-52)22-48-41(32)34)50-16-6-9-27-17-33(36(45)20-39(27)50)28-11-12-37(47-21-28)42(54)46-15-4-3-7-26-8-5-10-31-35(26)23-51(44(31)56)38-13-14-40(53)49-43(38)55/h5,8,10-12,17-22,24-25,38,48H,4,6,9,13-16,23H2,1-2H3,(H,46,54)(H,49,53,55). The summed E-state index contributed by atoms with van der Waals surface area (Å²) in [5.41, 5.74) is 8.38. The van der Waals surface area contributed by atoms with Crippen molar-refractivity contribution < 1.29 is 28.4 Å². The summed E-state index contributed by atoms with van der Waals surface area (Å²) >= 11 is 0. The third kappa shape index (κ3) is 6.70. The summed E-state index contributed by atoms with van der Waals surface area (Å²) in [6.07, 6.45) is 6.55. The highest BCUT2D eigenvalue weighted by molar-refractivity contribution is 6.06. The maximum absolute atomic E-state index is 15.9. The molecular formula is C44H39FN6O5. The number of piperidine rings is 1. The van der Waals surface area contributed by atoms with Gasteiger partial charge in [0.25, 0.3) is 11.8 Å². The summed E-state index contributed by atoms with van der Waals surface area (Å²) in [6, 6.07) is 15.4. The number of aromatic nitrogens is 2. The van der Waals surface area contributed by atoms with Crippen molar-refractivity contribution in [2.45, 2.75) is 64.5 Å². The molecule has 1 atom stereocenters. The van der Waals surface area contributed by atoms with Gasteiger partial charge < -0.3 is 20.1 Å². The normalized spacial score (nSPS) is 16.4. The number of rotatable bonds is 8. The van der Waals surface area contributed by atoms with Gasteiger partial charge in [-0.3, -0.25) is 34.3 Å². The molecule has 11 nitrogen and oxygen atoms in total. The van der Waals surface area contributed by atoms with Gasteiger partial charge in [-0.15, -0.1) is 0 Å². The molecule has 0 saturated carbocycles. The number of nitrogens with one attached hydrogen (secondary N) is 3. The van der Waals surface area contributed by atoms with Crippen LogP contribution in [0.25, 0.3) is 22.0 Å². The number of halogens is 1. The van der Waals surface area contributed by atoms with E-state index < -0.39 is 17.8 Å². The number of fused-ring (bicyclic) bond motifs is 3. The molecule has 1 saturated heterocycles. The maximum atomic E-state index is 15.9. The first kappa shape index (κ1) is 36.4. The molecule has 5 heterocycles. The first-order chi connectivity index (χ1) is 27.1. The fourth-order valence-corrected chi connectivity index (χ4v) is 7.95.